The molecule has 0 spiro atoms. The van der Waals surface area contributed by atoms with Crippen LogP contribution in [0.2, 0.25) is 0 Å². The van der Waals surface area contributed by atoms with Gasteiger partial charge in [0, 0.05) is 0 Å². The molecule has 0 radical (unpaired) electrons. The van der Waals surface area contributed by atoms with Gasteiger partial charge in [-0.1, -0.05) is 6.58 Å². The molecule has 0 bridgehead atoms. The Morgan fingerprint density at radius 1 is 1.62 bits per heavy atom. The fraction of sp³-hybridized carbons (Fsp3) is 0.182. The van der Waals surface area contributed by atoms with Crippen molar-refractivity contribution in [2.45, 2.75) is 6.92 Å². The van der Waals surface area contributed by atoms with Gasteiger partial charge in [0.25, 0.3) is 0 Å². The molecule has 0 aliphatic heterocycles. The molecule has 5 nitrogen and oxygen atoms in total. The van der Waals surface area contributed by atoms with E-state index in [0.717, 1.165) is 5.69 Å². The summed E-state index contributed by atoms with van der Waals surface area (Å²) in [5.41, 5.74) is 1.59. The predicted octanol–water partition coefficient (Wildman–Crippen LogP) is 1.55. The fourth-order valence-corrected chi connectivity index (χ4v) is 1.31. The maximum atomic E-state index is 11.4. The van der Waals surface area contributed by atoms with Gasteiger partial charge in [-0.05, 0) is 25.1 Å². The number of carbonyl (C=O) groups excluding carboxylic acids is 1. The summed E-state index contributed by atoms with van der Waals surface area (Å²) in [6.45, 7) is 5.70. The first-order chi connectivity index (χ1) is 7.74. The van der Waals surface area contributed by atoms with Gasteiger partial charge in [0.05, 0.1) is 18.5 Å². The van der Waals surface area contributed by atoms with Crippen LogP contribution in [-0.2, 0) is 4.74 Å². The fourth-order valence-electron chi connectivity index (χ4n) is 1.31. The van der Waals surface area contributed by atoms with Crippen molar-refractivity contribution in [3.05, 3.63) is 36.3 Å². The number of hydrogen-bond acceptors (Lipinski definition) is 4. The smallest absolute Gasteiger partial charge is 0.358 e. The zero-order chi connectivity index (χ0) is 11.5. The maximum absolute atomic E-state index is 11.4. The summed E-state index contributed by atoms with van der Waals surface area (Å²) in [6, 6.07) is 3.55. The van der Waals surface area contributed by atoms with Crippen LogP contribution in [0.15, 0.2) is 24.9 Å². The lowest BCUT2D eigenvalue weighted by molar-refractivity contribution is 0.0520. The molecule has 0 saturated carbocycles. The Morgan fingerprint density at radius 2 is 2.44 bits per heavy atom. The van der Waals surface area contributed by atoms with Crippen LogP contribution in [0.3, 0.4) is 0 Å². The van der Waals surface area contributed by atoms with Crippen LogP contribution < -0.4 is 0 Å². The summed E-state index contributed by atoms with van der Waals surface area (Å²) in [5.74, 6) is -0.437. The van der Waals surface area contributed by atoms with E-state index in [1.807, 2.05) is 0 Å². The Kier molecular flexibility index (Phi) is 2.68. The summed E-state index contributed by atoms with van der Waals surface area (Å²) >= 11 is 0. The van der Waals surface area contributed by atoms with Gasteiger partial charge in [-0.3, -0.25) is 0 Å². The third-order valence-electron chi connectivity index (χ3n) is 2.03. The zero-order valence-electron chi connectivity index (χ0n) is 8.88. The maximum Gasteiger partial charge on any atom is 0.358 e. The van der Waals surface area contributed by atoms with E-state index in [-0.39, 0.29) is 5.69 Å². The Hall–Kier alpha value is -2.17. The number of hydrogen-bond donors (Lipinski definition) is 0. The lowest BCUT2D eigenvalue weighted by Gasteiger charge is -1.94. The second kappa shape index (κ2) is 4.14. The highest BCUT2D eigenvalue weighted by atomic mass is 16.5. The number of nitrogens with zero attached hydrogens (tertiary/aromatic N) is 3. The van der Waals surface area contributed by atoms with E-state index in [0.29, 0.717) is 12.3 Å². The van der Waals surface area contributed by atoms with E-state index in [4.69, 9.17) is 4.74 Å². The first-order valence-electron chi connectivity index (χ1n) is 4.90. The van der Waals surface area contributed by atoms with Crippen molar-refractivity contribution < 1.29 is 9.53 Å². The molecule has 2 heterocycles. The van der Waals surface area contributed by atoms with E-state index in [9.17, 15) is 4.79 Å². The number of carbonyl (C=O) groups is 1. The average molecular weight is 217 g/mol. The molecule has 2 aromatic heterocycles. The highest BCUT2D eigenvalue weighted by Gasteiger charge is 2.11. The lowest BCUT2D eigenvalue weighted by atomic mass is 10.4. The molecule has 0 saturated heterocycles. The van der Waals surface area contributed by atoms with E-state index in [1.54, 1.807) is 31.3 Å². The van der Waals surface area contributed by atoms with Gasteiger partial charge in [0.2, 0.25) is 0 Å². The molecule has 0 atom stereocenters. The molecule has 0 aliphatic rings. The number of fused-ring (bicyclic) bond motifs is 1. The van der Waals surface area contributed by atoms with Crippen LogP contribution >= 0.6 is 0 Å². The number of aromatic nitrogens is 3. The normalized spacial score (nSPS) is 10.3. The van der Waals surface area contributed by atoms with Gasteiger partial charge in [-0.15, -0.1) is 0 Å². The van der Waals surface area contributed by atoms with Crippen molar-refractivity contribution in [2.24, 2.45) is 0 Å². The quantitative estimate of drug-likeness (QED) is 0.732. The first kappa shape index (κ1) is 10.4. The van der Waals surface area contributed by atoms with Gasteiger partial charge in [-0.2, -0.15) is 5.10 Å². The summed E-state index contributed by atoms with van der Waals surface area (Å²) in [6.07, 6.45) is 3.17. The van der Waals surface area contributed by atoms with Crippen LogP contribution in [0.4, 0.5) is 0 Å². The van der Waals surface area contributed by atoms with Crippen LogP contribution in [0.5, 0.6) is 0 Å². The molecule has 0 aromatic carbocycles. The van der Waals surface area contributed by atoms with E-state index in [1.165, 1.54) is 4.52 Å². The van der Waals surface area contributed by atoms with Crippen LogP contribution in [-0.4, -0.2) is 27.2 Å². The lowest BCUT2D eigenvalue weighted by Crippen LogP contribution is -2.04. The van der Waals surface area contributed by atoms with Gasteiger partial charge >= 0.3 is 5.97 Å². The molecular formula is C11H11N3O2. The molecule has 0 amide bonds. The molecule has 0 aliphatic carbocycles. The molecular weight excluding hydrogens is 206 g/mol. The Balaban J connectivity index is 2.43. The first-order valence-corrected chi connectivity index (χ1v) is 4.90. The number of esters is 1. The summed E-state index contributed by atoms with van der Waals surface area (Å²) in [5, 5.41) is 4.19. The summed E-state index contributed by atoms with van der Waals surface area (Å²) < 4.78 is 6.38. The number of imidazole rings is 1. The average Bonchev–Trinajstić information content (AvgIpc) is 2.71. The van der Waals surface area contributed by atoms with E-state index < -0.39 is 5.97 Å². The molecule has 2 aromatic rings. The SMILES string of the molecule is C=Cc1ccc2nc(C(=O)OCC)cn2n1. The van der Waals surface area contributed by atoms with Gasteiger partial charge in [-0.25, -0.2) is 14.3 Å². The van der Waals surface area contributed by atoms with E-state index in [2.05, 4.69) is 16.7 Å². The van der Waals surface area contributed by atoms with E-state index >= 15 is 0 Å². The molecule has 5 heteroatoms. The van der Waals surface area contributed by atoms with Crippen molar-refractivity contribution in [1.82, 2.24) is 14.6 Å². The van der Waals surface area contributed by atoms with Crippen molar-refractivity contribution >= 4 is 17.7 Å². The molecule has 0 fully saturated rings. The largest absolute Gasteiger partial charge is 0.461 e. The van der Waals surface area contributed by atoms with Gasteiger partial charge in [0.15, 0.2) is 11.3 Å². The molecule has 82 valence electrons. The molecule has 16 heavy (non-hydrogen) atoms. The van der Waals surface area contributed by atoms with Crippen molar-refractivity contribution in [3.8, 4) is 0 Å². The molecule has 0 unspecified atom stereocenters. The van der Waals surface area contributed by atoms with Gasteiger partial charge in [0.1, 0.15) is 0 Å². The molecule has 0 N–H and O–H groups in total. The summed E-state index contributed by atoms with van der Waals surface area (Å²) in [4.78, 5) is 15.5. The standard InChI is InChI=1S/C11H11N3O2/c1-3-8-5-6-10-12-9(7-14(10)13-8)11(15)16-4-2/h3,5-7H,1,4H2,2H3. The second-order valence-corrected chi connectivity index (χ2v) is 3.11. The van der Waals surface area contributed by atoms with Crippen LogP contribution in [0.1, 0.15) is 23.1 Å². The third kappa shape index (κ3) is 1.79. The van der Waals surface area contributed by atoms with Crippen LogP contribution in [0, 0.1) is 0 Å². The Labute approximate surface area is 92.4 Å². The number of rotatable bonds is 3. The third-order valence-corrected chi connectivity index (χ3v) is 2.03. The minimum Gasteiger partial charge on any atom is -0.461 e. The minimum atomic E-state index is -0.437. The molecule has 2 rings (SSSR count). The van der Waals surface area contributed by atoms with Gasteiger partial charge < -0.3 is 4.74 Å². The minimum absolute atomic E-state index is 0.260. The highest BCUT2D eigenvalue weighted by molar-refractivity contribution is 5.87. The topological polar surface area (TPSA) is 56.5 Å². The summed E-state index contributed by atoms with van der Waals surface area (Å²) in [7, 11) is 0. The number of ether oxygens (including phenoxy) is 1. The van der Waals surface area contributed by atoms with Crippen molar-refractivity contribution in [2.75, 3.05) is 6.61 Å². The Morgan fingerprint density at radius 3 is 3.12 bits per heavy atom. The zero-order valence-corrected chi connectivity index (χ0v) is 8.88. The van der Waals surface area contributed by atoms with Crippen LogP contribution in [0.25, 0.3) is 11.7 Å². The van der Waals surface area contributed by atoms with Crippen molar-refractivity contribution in [3.63, 3.8) is 0 Å². The second-order valence-electron chi connectivity index (χ2n) is 3.11. The highest BCUT2D eigenvalue weighted by Crippen LogP contribution is 2.06. The van der Waals surface area contributed by atoms with Crippen molar-refractivity contribution in [1.29, 1.82) is 0 Å². The Bertz CT molecular complexity index is 545. The predicted molar refractivity (Wildman–Crippen MR) is 59.0 cm³/mol. The monoisotopic (exact) mass is 217 g/mol.